The normalized spacial score (nSPS) is 18.0. The number of aromatic nitrogens is 1. The van der Waals surface area contributed by atoms with Gasteiger partial charge >= 0.3 is 0 Å². The molecule has 1 saturated carbocycles. The van der Waals surface area contributed by atoms with Crippen molar-refractivity contribution in [3.63, 3.8) is 0 Å². The molecule has 1 heterocycles. The molecule has 5 heteroatoms. The lowest BCUT2D eigenvalue weighted by Gasteiger charge is -2.35. The summed E-state index contributed by atoms with van der Waals surface area (Å²) in [5, 5.41) is 2.57. The Morgan fingerprint density at radius 1 is 1.53 bits per heavy atom. The third-order valence-electron chi connectivity index (χ3n) is 2.67. The minimum absolute atomic E-state index is 0.243. The predicted molar refractivity (Wildman–Crippen MR) is 53.6 cm³/mol. The van der Waals surface area contributed by atoms with Crippen LogP contribution in [0.3, 0.4) is 0 Å². The number of halogens is 1. The molecule has 4 nitrogen and oxygen atoms in total. The summed E-state index contributed by atoms with van der Waals surface area (Å²) in [6, 6.07) is 2.65. The van der Waals surface area contributed by atoms with Gasteiger partial charge in [-0.3, -0.25) is 4.79 Å². The van der Waals surface area contributed by atoms with Crippen molar-refractivity contribution < 1.29 is 9.18 Å². The van der Waals surface area contributed by atoms with Gasteiger partial charge in [0, 0.05) is 0 Å². The second-order valence-corrected chi connectivity index (χ2v) is 3.83. The fourth-order valence-corrected chi connectivity index (χ4v) is 1.48. The molecule has 0 atom stereocenters. The van der Waals surface area contributed by atoms with Crippen molar-refractivity contribution in [1.29, 1.82) is 0 Å². The first kappa shape index (κ1) is 10.0. The average Bonchev–Trinajstić information content (AvgIpc) is 2.18. The van der Waals surface area contributed by atoms with Gasteiger partial charge in [0.2, 0.25) is 5.91 Å². The highest BCUT2D eigenvalue weighted by Gasteiger charge is 2.40. The maximum absolute atomic E-state index is 12.5. The number of nitrogens with two attached hydrogens (primary N) is 1. The third-order valence-corrected chi connectivity index (χ3v) is 2.67. The van der Waals surface area contributed by atoms with Crippen molar-refractivity contribution in [3.05, 3.63) is 24.1 Å². The summed E-state index contributed by atoms with van der Waals surface area (Å²) in [7, 11) is 0. The highest BCUT2D eigenvalue weighted by molar-refractivity contribution is 5.97. The van der Waals surface area contributed by atoms with E-state index < -0.39 is 11.4 Å². The number of nitrogens with zero attached hydrogens (tertiary/aromatic N) is 1. The lowest BCUT2D eigenvalue weighted by atomic mass is 9.77. The van der Waals surface area contributed by atoms with Crippen LogP contribution in [0.15, 0.2) is 18.3 Å². The van der Waals surface area contributed by atoms with E-state index in [1.807, 2.05) is 0 Å². The second kappa shape index (κ2) is 3.58. The van der Waals surface area contributed by atoms with Gasteiger partial charge in [-0.2, -0.15) is 0 Å². The predicted octanol–water partition coefficient (Wildman–Crippen LogP) is 1.04. The zero-order valence-electron chi connectivity index (χ0n) is 8.16. The molecule has 80 valence electrons. The standard InChI is InChI=1S/C10H12FN3O/c11-7-2-3-8(13-6-7)14-9(15)10(12)4-1-5-10/h2-3,6H,1,4-5,12H2,(H,13,14,15). The van der Waals surface area contributed by atoms with E-state index in [2.05, 4.69) is 10.3 Å². The van der Waals surface area contributed by atoms with Crippen LogP contribution < -0.4 is 11.1 Å². The molecule has 1 amide bonds. The number of pyridine rings is 1. The minimum Gasteiger partial charge on any atom is -0.317 e. The van der Waals surface area contributed by atoms with Crippen LogP contribution in [0.5, 0.6) is 0 Å². The zero-order valence-corrected chi connectivity index (χ0v) is 8.16. The van der Waals surface area contributed by atoms with Crippen molar-refractivity contribution in [1.82, 2.24) is 4.98 Å². The molecule has 0 bridgehead atoms. The SMILES string of the molecule is NC1(C(=O)Nc2ccc(F)cn2)CCC1. The van der Waals surface area contributed by atoms with Gasteiger partial charge in [0.05, 0.1) is 11.7 Å². The summed E-state index contributed by atoms with van der Waals surface area (Å²) in [5.74, 6) is -0.343. The average molecular weight is 209 g/mol. The van der Waals surface area contributed by atoms with Crippen molar-refractivity contribution in [3.8, 4) is 0 Å². The van der Waals surface area contributed by atoms with E-state index >= 15 is 0 Å². The summed E-state index contributed by atoms with van der Waals surface area (Å²) in [6.45, 7) is 0. The van der Waals surface area contributed by atoms with E-state index in [4.69, 9.17) is 5.73 Å². The number of hydrogen-bond acceptors (Lipinski definition) is 3. The van der Waals surface area contributed by atoms with Crippen LogP contribution in [0.4, 0.5) is 10.2 Å². The lowest BCUT2D eigenvalue weighted by Crippen LogP contribution is -2.56. The molecule has 1 aromatic heterocycles. The summed E-state index contributed by atoms with van der Waals surface area (Å²) in [6.07, 6.45) is 3.42. The summed E-state index contributed by atoms with van der Waals surface area (Å²) in [5.41, 5.74) is 5.06. The Bertz CT molecular complexity index is 373. The second-order valence-electron chi connectivity index (χ2n) is 3.83. The number of anilines is 1. The highest BCUT2D eigenvalue weighted by Crippen LogP contribution is 2.29. The molecular formula is C10H12FN3O. The van der Waals surface area contributed by atoms with Gasteiger partial charge in [-0.1, -0.05) is 0 Å². The molecule has 1 aromatic rings. The topological polar surface area (TPSA) is 68.0 Å². The molecule has 15 heavy (non-hydrogen) atoms. The number of rotatable bonds is 2. The van der Waals surface area contributed by atoms with Gasteiger partial charge in [-0.25, -0.2) is 9.37 Å². The maximum Gasteiger partial charge on any atom is 0.245 e. The first-order valence-corrected chi connectivity index (χ1v) is 4.82. The van der Waals surface area contributed by atoms with Gasteiger partial charge in [-0.05, 0) is 31.4 Å². The van der Waals surface area contributed by atoms with Crippen molar-refractivity contribution in [2.75, 3.05) is 5.32 Å². The summed E-state index contributed by atoms with van der Waals surface area (Å²) in [4.78, 5) is 15.4. The molecule has 0 aliphatic heterocycles. The quantitative estimate of drug-likeness (QED) is 0.764. The van der Waals surface area contributed by atoms with Crippen LogP contribution in [0.2, 0.25) is 0 Å². The van der Waals surface area contributed by atoms with Crippen LogP contribution in [-0.2, 0) is 4.79 Å². The van der Waals surface area contributed by atoms with Crippen molar-refractivity contribution >= 4 is 11.7 Å². The third kappa shape index (κ3) is 1.97. The van der Waals surface area contributed by atoms with Gasteiger partial charge in [0.25, 0.3) is 0 Å². The van der Waals surface area contributed by atoms with Crippen LogP contribution in [-0.4, -0.2) is 16.4 Å². The summed E-state index contributed by atoms with van der Waals surface area (Å²) >= 11 is 0. The van der Waals surface area contributed by atoms with E-state index in [0.29, 0.717) is 18.7 Å². The maximum atomic E-state index is 12.5. The summed E-state index contributed by atoms with van der Waals surface area (Å²) < 4.78 is 12.5. The molecule has 1 fully saturated rings. The lowest BCUT2D eigenvalue weighted by molar-refractivity contribution is -0.123. The largest absolute Gasteiger partial charge is 0.317 e. The van der Waals surface area contributed by atoms with Gasteiger partial charge in [0.1, 0.15) is 11.6 Å². The van der Waals surface area contributed by atoms with Gasteiger partial charge < -0.3 is 11.1 Å². The smallest absolute Gasteiger partial charge is 0.245 e. The molecule has 0 unspecified atom stereocenters. The molecule has 0 spiro atoms. The van der Waals surface area contributed by atoms with Gasteiger partial charge in [-0.15, -0.1) is 0 Å². The molecule has 0 radical (unpaired) electrons. The zero-order chi connectivity index (χ0) is 10.9. The highest BCUT2D eigenvalue weighted by atomic mass is 19.1. The van der Waals surface area contributed by atoms with Crippen molar-refractivity contribution in [2.45, 2.75) is 24.8 Å². The molecule has 1 aliphatic carbocycles. The first-order valence-electron chi connectivity index (χ1n) is 4.82. The Kier molecular flexibility index (Phi) is 2.40. The van der Waals surface area contributed by atoms with Crippen LogP contribution in [0, 0.1) is 5.82 Å². The van der Waals surface area contributed by atoms with E-state index in [9.17, 15) is 9.18 Å². The number of nitrogens with one attached hydrogen (secondary N) is 1. The molecular weight excluding hydrogens is 197 g/mol. The Hall–Kier alpha value is -1.49. The van der Waals surface area contributed by atoms with Crippen molar-refractivity contribution in [2.24, 2.45) is 5.73 Å². The molecule has 0 saturated heterocycles. The Balaban J connectivity index is 2.02. The fraction of sp³-hybridized carbons (Fsp3) is 0.400. The Morgan fingerprint density at radius 3 is 2.73 bits per heavy atom. The molecule has 1 aliphatic rings. The first-order chi connectivity index (χ1) is 7.10. The number of hydrogen-bond donors (Lipinski definition) is 2. The van der Waals surface area contributed by atoms with E-state index in [1.54, 1.807) is 0 Å². The number of carbonyl (C=O) groups excluding carboxylic acids is 1. The van der Waals surface area contributed by atoms with E-state index in [1.165, 1.54) is 12.1 Å². The Morgan fingerprint density at radius 2 is 2.27 bits per heavy atom. The van der Waals surface area contributed by atoms with Crippen LogP contribution in [0.25, 0.3) is 0 Å². The van der Waals surface area contributed by atoms with Gasteiger partial charge in [0.15, 0.2) is 0 Å². The monoisotopic (exact) mass is 209 g/mol. The Labute approximate surface area is 86.7 Å². The van der Waals surface area contributed by atoms with Crippen LogP contribution in [0.1, 0.15) is 19.3 Å². The fourth-order valence-electron chi connectivity index (χ4n) is 1.48. The molecule has 2 rings (SSSR count). The van der Waals surface area contributed by atoms with E-state index in [0.717, 1.165) is 12.6 Å². The number of amides is 1. The number of carbonyl (C=O) groups is 1. The van der Waals surface area contributed by atoms with E-state index in [-0.39, 0.29) is 5.91 Å². The van der Waals surface area contributed by atoms with Crippen LogP contribution >= 0.6 is 0 Å². The minimum atomic E-state index is -0.754. The molecule has 0 aromatic carbocycles. The molecule has 3 N–H and O–H groups in total.